The zero-order chi connectivity index (χ0) is 23.2. The summed E-state index contributed by atoms with van der Waals surface area (Å²) in [6.45, 7) is 6.56. The van der Waals surface area contributed by atoms with Crippen molar-refractivity contribution in [1.82, 2.24) is 25.1 Å². The molecule has 0 saturated carbocycles. The van der Waals surface area contributed by atoms with Crippen LogP contribution < -0.4 is 0 Å². The van der Waals surface area contributed by atoms with Crippen LogP contribution in [0.25, 0.3) is 39.1 Å². The summed E-state index contributed by atoms with van der Waals surface area (Å²) >= 11 is 0. The van der Waals surface area contributed by atoms with Crippen LogP contribution in [0, 0.1) is 11.7 Å². The molecule has 174 valence electrons. The van der Waals surface area contributed by atoms with Crippen molar-refractivity contribution in [2.75, 3.05) is 32.8 Å². The Morgan fingerprint density at radius 3 is 2.85 bits per heavy atom. The maximum atomic E-state index is 15.5. The van der Waals surface area contributed by atoms with Crippen LogP contribution in [0.4, 0.5) is 4.39 Å². The highest BCUT2D eigenvalue weighted by Gasteiger charge is 2.25. The first kappa shape index (κ1) is 21.1. The summed E-state index contributed by atoms with van der Waals surface area (Å²) in [6.07, 6.45) is 4.75. The topological polar surface area (TPSA) is 90.1 Å². The number of fused-ring (bicyclic) bond motifs is 1. The molecule has 8 heteroatoms. The SMILES string of the molecule is CCc1cc(O)ccc1-c1ccc2c(-c3ncc(C4=CCN(CC5COC5)C4)[nH]3)[nH]nc2c1F. The van der Waals surface area contributed by atoms with Crippen molar-refractivity contribution in [3.8, 4) is 28.4 Å². The van der Waals surface area contributed by atoms with E-state index in [1.807, 2.05) is 19.2 Å². The first-order valence-electron chi connectivity index (χ1n) is 11.6. The summed E-state index contributed by atoms with van der Waals surface area (Å²) in [5.41, 5.74) is 5.24. The van der Waals surface area contributed by atoms with Gasteiger partial charge in [-0.1, -0.05) is 25.1 Å². The predicted molar refractivity (Wildman–Crippen MR) is 129 cm³/mol. The Labute approximate surface area is 196 Å². The highest BCUT2D eigenvalue weighted by molar-refractivity contribution is 5.95. The van der Waals surface area contributed by atoms with Gasteiger partial charge in [-0.15, -0.1) is 0 Å². The van der Waals surface area contributed by atoms with Crippen molar-refractivity contribution in [3.05, 3.63) is 59.7 Å². The van der Waals surface area contributed by atoms with Crippen molar-refractivity contribution in [2.45, 2.75) is 13.3 Å². The van der Waals surface area contributed by atoms with E-state index in [9.17, 15) is 5.11 Å². The number of aryl methyl sites for hydroxylation is 1. The summed E-state index contributed by atoms with van der Waals surface area (Å²) in [5, 5.41) is 17.7. The molecule has 0 atom stereocenters. The molecule has 0 spiro atoms. The number of halogens is 1. The smallest absolute Gasteiger partial charge is 0.159 e. The number of phenols is 1. The molecule has 0 amide bonds. The average molecular weight is 460 g/mol. The minimum absolute atomic E-state index is 0.176. The number of benzene rings is 2. The van der Waals surface area contributed by atoms with Gasteiger partial charge in [-0.2, -0.15) is 5.10 Å². The molecule has 0 radical (unpaired) electrons. The number of hydrogen-bond donors (Lipinski definition) is 3. The van der Waals surface area contributed by atoms with Crippen LogP contribution in [-0.4, -0.2) is 63.0 Å². The molecule has 1 fully saturated rings. The third kappa shape index (κ3) is 3.59. The van der Waals surface area contributed by atoms with E-state index in [0.717, 1.165) is 49.7 Å². The molecule has 3 N–H and O–H groups in total. The van der Waals surface area contributed by atoms with Crippen LogP contribution in [0.5, 0.6) is 5.75 Å². The third-order valence-electron chi connectivity index (χ3n) is 6.80. The standard InChI is InChI=1S/C26H26FN5O2/c1-2-16-9-18(33)3-4-19(16)20-5-6-21-24(23(20)27)30-31-25(21)26-28-10-22(29-26)17-7-8-32(12-17)11-15-13-34-14-15/h3-7,9-10,15,33H,2,8,11-14H2,1H3,(H,28,29)(H,30,31). The Kier molecular flexibility index (Phi) is 5.19. The number of nitrogens with one attached hydrogen (secondary N) is 2. The van der Waals surface area contributed by atoms with E-state index >= 15 is 4.39 Å². The number of nitrogens with zero attached hydrogens (tertiary/aromatic N) is 3. The van der Waals surface area contributed by atoms with Crippen LogP contribution in [0.15, 0.2) is 42.6 Å². The van der Waals surface area contributed by atoms with Gasteiger partial charge >= 0.3 is 0 Å². The van der Waals surface area contributed by atoms with Gasteiger partial charge in [0.25, 0.3) is 0 Å². The van der Waals surface area contributed by atoms with Gasteiger partial charge in [-0.05, 0) is 41.3 Å². The van der Waals surface area contributed by atoms with Crippen LogP contribution >= 0.6 is 0 Å². The minimum atomic E-state index is -0.388. The number of rotatable bonds is 6. The first-order chi connectivity index (χ1) is 16.6. The number of aromatic nitrogens is 4. The maximum absolute atomic E-state index is 15.5. The number of aromatic amines is 2. The molecule has 6 rings (SSSR count). The quantitative estimate of drug-likeness (QED) is 0.398. The van der Waals surface area contributed by atoms with Gasteiger partial charge < -0.3 is 14.8 Å². The largest absolute Gasteiger partial charge is 0.508 e. The Bertz CT molecular complexity index is 1400. The molecule has 0 aliphatic carbocycles. The molecule has 1 saturated heterocycles. The fourth-order valence-corrected chi connectivity index (χ4v) is 4.88. The Morgan fingerprint density at radius 2 is 2.06 bits per heavy atom. The van der Waals surface area contributed by atoms with E-state index in [-0.39, 0.29) is 17.1 Å². The Hall–Kier alpha value is -3.49. The summed E-state index contributed by atoms with van der Waals surface area (Å²) in [4.78, 5) is 10.4. The second kappa shape index (κ2) is 8.38. The number of imidazole rings is 1. The molecule has 4 heterocycles. The zero-order valence-electron chi connectivity index (χ0n) is 18.9. The Balaban J connectivity index is 1.28. The monoisotopic (exact) mass is 459 g/mol. The van der Waals surface area contributed by atoms with E-state index in [4.69, 9.17) is 4.74 Å². The van der Waals surface area contributed by atoms with Crippen molar-refractivity contribution in [1.29, 1.82) is 0 Å². The molecule has 2 aliphatic rings. The van der Waals surface area contributed by atoms with Gasteiger partial charge in [0.2, 0.25) is 0 Å². The molecule has 0 bridgehead atoms. The van der Waals surface area contributed by atoms with Crippen molar-refractivity contribution in [2.24, 2.45) is 5.92 Å². The number of ether oxygens (including phenoxy) is 1. The van der Waals surface area contributed by atoms with E-state index in [2.05, 4.69) is 31.1 Å². The van der Waals surface area contributed by atoms with Gasteiger partial charge in [-0.25, -0.2) is 9.37 Å². The summed E-state index contributed by atoms with van der Waals surface area (Å²) in [6, 6.07) is 8.66. The van der Waals surface area contributed by atoms with Crippen molar-refractivity contribution in [3.63, 3.8) is 0 Å². The van der Waals surface area contributed by atoms with Gasteiger partial charge in [-0.3, -0.25) is 10.00 Å². The lowest BCUT2D eigenvalue weighted by atomic mass is 9.96. The van der Waals surface area contributed by atoms with E-state index in [0.29, 0.717) is 34.8 Å². The molecular weight excluding hydrogens is 433 g/mol. The molecular formula is C26H26FN5O2. The summed E-state index contributed by atoms with van der Waals surface area (Å²) < 4.78 is 20.8. The average Bonchev–Trinajstić information content (AvgIpc) is 3.55. The summed E-state index contributed by atoms with van der Waals surface area (Å²) in [7, 11) is 0. The molecule has 0 unspecified atom stereocenters. The fourth-order valence-electron chi connectivity index (χ4n) is 4.88. The van der Waals surface area contributed by atoms with Gasteiger partial charge in [0.05, 0.1) is 25.1 Å². The normalized spacial score (nSPS) is 16.8. The van der Waals surface area contributed by atoms with Crippen LogP contribution in [0.3, 0.4) is 0 Å². The fraction of sp³-hybridized carbons (Fsp3) is 0.308. The second-order valence-corrected chi connectivity index (χ2v) is 9.09. The van der Waals surface area contributed by atoms with Gasteiger partial charge in [0.15, 0.2) is 11.6 Å². The number of H-pyrrole nitrogens is 2. The molecule has 2 aromatic heterocycles. The van der Waals surface area contributed by atoms with Crippen molar-refractivity contribution < 1.29 is 14.2 Å². The van der Waals surface area contributed by atoms with Gasteiger partial charge in [0.1, 0.15) is 17.0 Å². The highest BCUT2D eigenvalue weighted by atomic mass is 19.1. The van der Waals surface area contributed by atoms with Crippen LogP contribution in [-0.2, 0) is 11.2 Å². The summed E-state index contributed by atoms with van der Waals surface area (Å²) in [5.74, 6) is 1.06. The van der Waals surface area contributed by atoms with Gasteiger partial charge in [0, 0.05) is 36.5 Å². The first-order valence-corrected chi connectivity index (χ1v) is 11.6. The Morgan fingerprint density at radius 1 is 1.21 bits per heavy atom. The van der Waals surface area contributed by atoms with E-state index in [1.165, 1.54) is 5.57 Å². The second-order valence-electron chi connectivity index (χ2n) is 9.09. The zero-order valence-corrected chi connectivity index (χ0v) is 18.9. The number of aromatic hydroxyl groups is 1. The van der Waals surface area contributed by atoms with Crippen LogP contribution in [0.1, 0.15) is 18.2 Å². The predicted octanol–water partition coefficient (Wildman–Crippen LogP) is 4.37. The number of hydrogen-bond acceptors (Lipinski definition) is 5. The molecule has 34 heavy (non-hydrogen) atoms. The van der Waals surface area contributed by atoms with Crippen LogP contribution in [0.2, 0.25) is 0 Å². The van der Waals surface area contributed by atoms with E-state index < -0.39 is 0 Å². The molecule has 4 aromatic rings. The molecule has 2 aromatic carbocycles. The molecule has 7 nitrogen and oxygen atoms in total. The van der Waals surface area contributed by atoms with Crippen molar-refractivity contribution >= 4 is 16.5 Å². The molecule has 2 aliphatic heterocycles. The lowest BCUT2D eigenvalue weighted by Crippen LogP contribution is -2.38. The number of phenolic OH excluding ortho intramolecular Hbond substituents is 1. The highest BCUT2D eigenvalue weighted by Crippen LogP contribution is 2.35. The lowest BCUT2D eigenvalue weighted by molar-refractivity contribution is -0.0433. The third-order valence-corrected chi connectivity index (χ3v) is 6.80. The maximum Gasteiger partial charge on any atom is 0.159 e. The lowest BCUT2D eigenvalue weighted by Gasteiger charge is -2.30. The minimum Gasteiger partial charge on any atom is -0.508 e. The van der Waals surface area contributed by atoms with E-state index in [1.54, 1.807) is 24.3 Å².